The Morgan fingerprint density at radius 1 is 1.28 bits per heavy atom. The van der Waals surface area contributed by atoms with Gasteiger partial charge in [-0.1, -0.05) is 44.5 Å². The maximum absolute atomic E-state index is 12.0. The average molecular weight is 248 g/mol. The molecule has 1 unspecified atom stereocenters. The Kier molecular flexibility index (Phi) is 6.44. The normalized spacial score (nSPS) is 12.2. The zero-order valence-electron chi connectivity index (χ0n) is 11.4. The van der Waals surface area contributed by atoms with Crippen molar-refractivity contribution in [1.29, 1.82) is 0 Å². The lowest BCUT2D eigenvalue weighted by molar-refractivity contribution is -0.121. The van der Waals surface area contributed by atoms with Crippen LogP contribution in [0, 0.1) is 0 Å². The number of nitrogens with one attached hydrogen (secondary N) is 1. The highest BCUT2D eigenvalue weighted by molar-refractivity contribution is 5.79. The fraction of sp³-hybridized carbons (Fsp3) is 0.533. The molecule has 0 spiro atoms. The molecule has 0 aliphatic heterocycles. The van der Waals surface area contributed by atoms with Gasteiger partial charge in [0.15, 0.2) is 0 Å². The summed E-state index contributed by atoms with van der Waals surface area (Å²) in [7, 11) is 0. The Hall–Kier alpha value is -1.35. The van der Waals surface area contributed by atoms with E-state index < -0.39 is 0 Å². The van der Waals surface area contributed by atoms with Crippen molar-refractivity contribution in [3.05, 3.63) is 35.4 Å². The van der Waals surface area contributed by atoms with Crippen LogP contribution < -0.4 is 11.1 Å². The van der Waals surface area contributed by atoms with Gasteiger partial charge in [-0.2, -0.15) is 0 Å². The van der Waals surface area contributed by atoms with Crippen LogP contribution in [0.4, 0.5) is 0 Å². The van der Waals surface area contributed by atoms with E-state index in [9.17, 15) is 4.79 Å². The van der Waals surface area contributed by atoms with E-state index in [1.807, 2.05) is 24.3 Å². The van der Waals surface area contributed by atoms with Crippen LogP contribution >= 0.6 is 0 Å². The van der Waals surface area contributed by atoms with Gasteiger partial charge >= 0.3 is 0 Å². The average Bonchev–Trinajstić information content (AvgIpc) is 2.38. The van der Waals surface area contributed by atoms with Gasteiger partial charge < -0.3 is 11.1 Å². The minimum Gasteiger partial charge on any atom is -0.353 e. The minimum absolute atomic E-state index is 0.0937. The number of carbonyl (C=O) groups is 1. The Labute approximate surface area is 110 Å². The first-order valence-electron chi connectivity index (χ1n) is 6.77. The number of rotatable bonds is 7. The molecular weight excluding hydrogens is 224 g/mol. The number of hydrogen-bond acceptors (Lipinski definition) is 2. The first kappa shape index (κ1) is 14.7. The van der Waals surface area contributed by atoms with Gasteiger partial charge in [-0.15, -0.1) is 0 Å². The highest BCUT2D eigenvalue weighted by Gasteiger charge is 2.11. The monoisotopic (exact) mass is 248 g/mol. The van der Waals surface area contributed by atoms with E-state index in [1.165, 1.54) is 0 Å². The van der Waals surface area contributed by atoms with Gasteiger partial charge in [-0.3, -0.25) is 4.79 Å². The summed E-state index contributed by atoms with van der Waals surface area (Å²) < 4.78 is 0. The van der Waals surface area contributed by atoms with E-state index in [0.717, 1.165) is 30.4 Å². The zero-order valence-corrected chi connectivity index (χ0v) is 11.4. The lowest BCUT2D eigenvalue weighted by Gasteiger charge is -2.16. The summed E-state index contributed by atoms with van der Waals surface area (Å²) in [6.07, 6.45) is 3.55. The van der Waals surface area contributed by atoms with E-state index in [2.05, 4.69) is 19.2 Å². The number of carbonyl (C=O) groups excluding carboxylic acids is 1. The van der Waals surface area contributed by atoms with Crippen molar-refractivity contribution in [1.82, 2.24) is 5.32 Å². The van der Waals surface area contributed by atoms with Crippen molar-refractivity contribution in [2.24, 2.45) is 5.73 Å². The molecule has 0 aliphatic carbocycles. The maximum Gasteiger partial charge on any atom is 0.224 e. The van der Waals surface area contributed by atoms with E-state index in [0.29, 0.717) is 19.0 Å². The Morgan fingerprint density at radius 3 is 2.50 bits per heavy atom. The second kappa shape index (κ2) is 7.88. The molecule has 0 bridgehead atoms. The van der Waals surface area contributed by atoms with E-state index in [1.54, 1.807) is 0 Å². The molecule has 1 amide bonds. The molecule has 3 heteroatoms. The summed E-state index contributed by atoms with van der Waals surface area (Å²) in [6, 6.07) is 8.15. The fourth-order valence-corrected chi connectivity index (χ4v) is 2.11. The van der Waals surface area contributed by atoms with E-state index in [4.69, 9.17) is 5.73 Å². The van der Waals surface area contributed by atoms with Crippen LogP contribution in [0.15, 0.2) is 24.3 Å². The van der Waals surface area contributed by atoms with Gasteiger partial charge in [0.25, 0.3) is 0 Å². The molecule has 0 aromatic heterocycles. The van der Waals surface area contributed by atoms with Crippen molar-refractivity contribution < 1.29 is 4.79 Å². The highest BCUT2D eigenvalue weighted by Crippen LogP contribution is 2.09. The third-order valence-electron chi connectivity index (χ3n) is 3.18. The molecule has 0 heterocycles. The van der Waals surface area contributed by atoms with Crippen LogP contribution in [0.25, 0.3) is 0 Å². The maximum atomic E-state index is 12.0. The summed E-state index contributed by atoms with van der Waals surface area (Å²) in [5.41, 5.74) is 7.75. The van der Waals surface area contributed by atoms with Crippen LogP contribution in [0.2, 0.25) is 0 Å². The van der Waals surface area contributed by atoms with Crippen LogP contribution in [0.1, 0.15) is 44.2 Å². The summed E-state index contributed by atoms with van der Waals surface area (Å²) in [5, 5.41) is 3.09. The largest absolute Gasteiger partial charge is 0.353 e. The van der Waals surface area contributed by atoms with Crippen LogP contribution in [0.5, 0.6) is 0 Å². The quantitative estimate of drug-likeness (QED) is 0.778. The summed E-state index contributed by atoms with van der Waals surface area (Å²) in [6.45, 7) is 4.72. The number of hydrogen-bond donors (Lipinski definition) is 2. The molecule has 0 saturated carbocycles. The van der Waals surface area contributed by atoms with Crippen molar-refractivity contribution in [2.75, 3.05) is 0 Å². The predicted octanol–water partition coefficient (Wildman–Crippen LogP) is 2.38. The van der Waals surface area contributed by atoms with Crippen LogP contribution in [-0.2, 0) is 17.8 Å². The van der Waals surface area contributed by atoms with E-state index >= 15 is 0 Å². The second-order valence-electron chi connectivity index (χ2n) is 4.61. The van der Waals surface area contributed by atoms with Crippen LogP contribution in [-0.4, -0.2) is 11.9 Å². The van der Waals surface area contributed by atoms with Crippen molar-refractivity contribution >= 4 is 5.91 Å². The molecule has 3 N–H and O–H groups in total. The molecular formula is C15H24N2O. The summed E-state index contributed by atoms with van der Waals surface area (Å²) in [4.78, 5) is 12.0. The Morgan fingerprint density at radius 2 is 1.94 bits per heavy atom. The zero-order chi connectivity index (χ0) is 13.4. The highest BCUT2D eigenvalue weighted by atomic mass is 16.1. The Bertz CT molecular complexity index is 377. The van der Waals surface area contributed by atoms with Gasteiger partial charge in [-0.05, 0) is 24.0 Å². The first-order chi connectivity index (χ1) is 8.71. The van der Waals surface area contributed by atoms with Crippen molar-refractivity contribution in [3.63, 3.8) is 0 Å². The Balaban J connectivity index is 2.58. The van der Waals surface area contributed by atoms with Gasteiger partial charge in [0, 0.05) is 12.6 Å². The molecule has 100 valence electrons. The van der Waals surface area contributed by atoms with Gasteiger partial charge in [-0.25, -0.2) is 0 Å². The van der Waals surface area contributed by atoms with E-state index in [-0.39, 0.29) is 5.91 Å². The number of benzene rings is 1. The second-order valence-corrected chi connectivity index (χ2v) is 4.61. The molecule has 3 nitrogen and oxygen atoms in total. The fourth-order valence-electron chi connectivity index (χ4n) is 2.11. The third-order valence-corrected chi connectivity index (χ3v) is 3.18. The minimum atomic E-state index is 0.0937. The predicted molar refractivity (Wildman–Crippen MR) is 75.2 cm³/mol. The molecule has 1 rings (SSSR count). The molecule has 18 heavy (non-hydrogen) atoms. The van der Waals surface area contributed by atoms with Crippen molar-refractivity contribution in [3.8, 4) is 0 Å². The number of amides is 1. The number of nitrogens with two attached hydrogens (primary N) is 1. The van der Waals surface area contributed by atoms with Gasteiger partial charge in [0.05, 0.1) is 6.42 Å². The summed E-state index contributed by atoms with van der Waals surface area (Å²) >= 11 is 0. The molecule has 0 saturated heterocycles. The molecule has 0 aliphatic rings. The lowest BCUT2D eigenvalue weighted by Crippen LogP contribution is -2.35. The van der Waals surface area contributed by atoms with Gasteiger partial charge in [0.2, 0.25) is 5.91 Å². The first-order valence-corrected chi connectivity index (χ1v) is 6.77. The SMILES string of the molecule is CCCC(CC)NC(=O)Cc1ccccc1CN. The standard InChI is InChI=1S/C15H24N2O/c1-3-7-14(4-2)17-15(18)10-12-8-5-6-9-13(12)11-16/h5-6,8-9,14H,3-4,7,10-11,16H2,1-2H3,(H,17,18). The smallest absolute Gasteiger partial charge is 0.224 e. The lowest BCUT2D eigenvalue weighted by atomic mass is 10.0. The molecule has 1 aromatic rings. The summed E-state index contributed by atoms with van der Waals surface area (Å²) in [5.74, 6) is 0.0937. The van der Waals surface area contributed by atoms with Crippen molar-refractivity contribution in [2.45, 2.75) is 52.1 Å². The van der Waals surface area contributed by atoms with Gasteiger partial charge in [0.1, 0.15) is 0 Å². The third kappa shape index (κ3) is 4.49. The van der Waals surface area contributed by atoms with Crippen LogP contribution in [0.3, 0.4) is 0 Å². The molecule has 0 radical (unpaired) electrons. The topological polar surface area (TPSA) is 55.1 Å². The molecule has 1 aromatic carbocycles. The molecule has 0 fully saturated rings. The molecule has 1 atom stereocenters.